The van der Waals surface area contributed by atoms with E-state index in [4.69, 9.17) is 23.2 Å². The molecule has 4 heteroatoms. The van der Waals surface area contributed by atoms with Crippen LogP contribution >= 0.6 is 23.2 Å². The average Bonchev–Trinajstić information content (AvgIpc) is 2.95. The van der Waals surface area contributed by atoms with Crippen molar-refractivity contribution in [1.82, 2.24) is 0 Å². The second kappa shape index (κ2) is 4.92. The summed E-state index contributed by atoms with van der Waals surface area (Å²) in [5.74, 6) is 0.695. The molecule has 0 bridgehead atoms. The standard InChI is InChI=1S/C16H18Cl2O2/c1-16(7-9-4-2-3-5-9)8-10-6-11(19)13(17)14(18)12(10)15(16)20/h6,9,19H,2-5,7-8H2,1H3. The lowest BCUT2D eigenvalue weighted by molar-refractivity contribution is 0.0804. The fraction of sp³-hybridized carbons (Fsp3) is 0.562. The molecule has 1 aromatic carbocycles. The Kier molecular flexibility index (Phi) is 3.50. The van der Waals surface area contributed by atoms with Crippen molar-refractivity contribution in [1.29, 1.82) is 0 Å². The number of carbonyl (C=O) groups is 1. The average molecular weight is 313 g/mol. The highest BCUT2D eigenvalue weighted by atomic mass is 35.5. The van der Waals surface area contributed by atoms with Crippen molar-refractivity contribution in [3.05, 3.63) is 27.2 Å². The molecule has 2 aliphatic rings. The maximum atomic E-state index is 12.8. The summed E-state index contributed by atoms with van der Waals surface area (Å²) >= 11 is 12.1. The second-order valence-corrected chi connectivity index (χ2v) is 7.23. The molecule has 0 aliphatic heterocycles. The van der Waals surface area contributed by atoms with E-state index in [1.54, 1.807) is 6.07 Å². The van der Waals surface area contributed by atoms with Gasteiger partial charge in [0.15, 0.2) is 5.78 Å². The van der Waals surface area contributed by atoms with E-state index in [-0.39, 0.29) is 21.6 Å². The number of fused-ring (bicyclic) bond motifs is 1. The largest absolute Gasteiger partial charge is 0.506 e. The highest BCUT2D eigenvalue weighted by Gasteiger charge is 2.45. The normalized spacial score (nSPS) is 26.2. The van der Waals surface area contributed by atoms with Crippen molar-refractivity contribution >= 4 is 29.0 Å². The number of phenols is 1. The topological polar surface area (TPSA) is 37.3 Å². The number of benzene rings is 1. The molecule has 1 aromatic rings. The molecule has 2 aliphatic carbocycles. The van der Waals surface area contributed by atoms with Crippen LogP contribution in [-0.2, 0) is 6.42 Å². The van der Waals surface area contributed by atoms with Crippen molar-refractivity contribution in [2.24, 2.45) is 11.3 Å². The third kappa shape index (κ3) is 2.14. The molecule has 1 fully saturated rings. The first kappa shape index (κ1) is 14.2. The van der Waals surface area contributed by atoms with E-state index in [0.717, 1.165) is 12.0 Å². The maximum Gasteiger partial charge on any atom is 0.170 e. The Bertz CT molecular complexity index is 576. The Morgan fingerprint density at radius 2 is 1.95 bits per heavy atom. The fourth-order valence-electron chi connectivity index (χ4n) is 3.87. The number of rotatable bonds is 2. The van der Waals surface area contributed by atoms with Crippen molar-refractivity contribution in [2.45, 2.75) is 45.4 Å². The van der Waals surface area contributed by atoms with E-state index < -0.39 is 5.41 Å². The number of phenolic OH excluding ortho intramolecular Hbond substituents is 1. The molecule has 1 atom stereocenters. The Balaban J connectivity index is 1.95. The summed E-state index contributed by atoms with van der Waals surface area (Å²) in [6, 6.07) is 1.60. The molecule has 0 saturated heterocycles. The minimum atomic E-state index is -0.391. The summed E-state index contributed by atoms with van der Waals surface area (Å²) in [5, 5.41) is 10.1. The predicted molar refractivity (Wildman–Crippen MR) is 80.8 cm³/mol. The highest BCUT2D eigenvalue weighted by Crippen LogP contribution is 2.49. The molecule has 2 nitrogen and oxygen atoms in total. The molecule has 0 heterocycles. The van der Waals surface area contributed by atoms with Crippen molar-refractivity contribution in [3.8, 4) is 5.75 Å². The SMILES string of the molecule is CC1(CC2CCCC2)Cc2cc(O)c(Cl)c(Cl)c2C1=O. The number of aromatic hydroxyl groups is 1. The molecule has 1 unspecified atom stereocenters. The van der Waals surface area contributed by atoms with Crippen LogP contribution in [0.1, 0.15) is 54.9 Å². The molecule has 1 N–H and O–H groups in total. The Labute approximate surface area is 129 Å². The van der Waals surface area contributed by atoms with E-state index in [1.807, 2.05) is 6.92 Å². The van der Waals surface area contributed by atoms with Crippen LogP contribution < -0.4 is 0 Å². The molecule has 0 amide bonds. The van der Waals surface area contributed by atoms with Gasteiger partial charge in [0.1, 0.15) is 10.8 Å². The Hall–Kier alpha value is -0.730. The molecular formula is C16H18Cl2O2. The Morgan fingerprint density at radius 3 is 2.60 bits per heavy atom. The summed E-state index contributed by atoms with van der Waals surface area (Å²) in [7, 11) is 0. The number of hydrogen-bond acceptors (Lipinski definition) is 2. The smallest absolute Gasteiger partial charge is 0.170 e. The molecule has 1 saturated carbocycles. The number of carbonyl (C=O) groups excluding carboxylic acids is 1. The quantitative estimate of drug-likeness (QED) is 0.832. The van der Waals surface area contributed by atoms with Crippen LogP contribution in [0.2, 0.25) is 10.0 Å². The molecule has 0 spiro atoms. The van der Waals surface area contributed by atoms with Crippen LogP contribution in [0.3, 0.4) is 0 Å². The zero-order valence-electron chi connectivity index (χ0n) is 11.5. The lowest BCUT2D eigenvalue weighted by atomic mass is 9.77. The lowest BCUT2D eigenvalue weighted by Crippen LogP contribution is -2.26. The first-order valence-electron chi connectivity index (χ1n) is 7.17. The third-order valence-corrected chi connectivity index (χ3v) is 5.70. The van der Waals surface area contributed by atoms with E-state index in [2.05, 4.69) is 0 Å². The van der Waals surface area contributed by atoms with Gasteiger partial charge in [0.25, 0.3) is 0 Å². The summed E-state index contributed by atoms with van der Waals surface area (Å²) in [4.78, 5) is 12.8. The van der Waals surface area contributed by atoms with Gasteiger partial charge >= 0.3 is 0 Å². The van der Waals surface area contributed by atoms with Gasteiger partial charge in [-0.3, -0.25) is 4.79 Å². The second-order valence-electron chi connectivity index (χ2n) is 6.48. The van der Waals surface area contributed by atoms with Gasteiger partial charge in [-0.15, -0.1) is 0 Å². The van der Waals surface area contributed by atoms with Crippen LogP contribution in [-0.4, -0.2) is 10.9 Å². The van der Waals surface area contributed by atoms with Gasteiger partial charge < -0.3 is 5.11 Å². The van der Waals surface area contributed by atoms with Gasteiger partial charge in [0, 0.05) is 11.0 Å². The third-order valence-electron chi connectivity index (χ3n) is 4.84. The van der Waals surface area contributed by atoms with Gasteiger partial charge in [-0.25, -0.2) is 0 Å². The maximum absolute atomic E-state index is 12.8. The minimum absolute atomic E-state index is 0.0340. The summed E-state index contributed by atoms with van der Waals surface area (Å²) < 4.78 is 0. The van der Waals surface area contributed by atoms with Crippen molar-refractivity contribution in [2.75, 3.05) is 0 Å². The van der Waals surface area contributed by atoms with E-state index in [1.165, 1.54) is 25.7 Å². The molecular weight excluding hydrogens is 295 g/mol. The van der Waals surface area contributed by atoms with Gasteiger partial charge in [0.05, 0.1) is 5.02 Å². The van der Waals surface area contributed by atoms with Gasteiger partial charge in [-0.1, -0.05) is 55.8 Å². The molecule has 0 aromatic heterocycles. The first-order chi connectivity index (χ1) is 9.42. The van der Waals surface area contributed by atoms with Crippen LogP contribution in [0, 0.1) is 11.3 Å². The van der Waals surface area contributed by atoms with Crippen LogP contribution in [0.15, 0.2) is 6.07 Å². The van der Waals surface area contributed by atoms with Crippen LogP contribution in [0.25, 0.3) is 0 Å². The fourth-order valence-corrected chi connectivity index (χ4v) is 4.32. The summed E-state index contributed by atoms with van der Waals surface area (Å²) in [5.41, 5.74) is 0.968. The van der Waals surface area contributed by atoms with Gasteiger partial charge in [0.2, 0.25) is 0 Å². The summed E-state index contributed by atoms with van der Waals surface area (Å²) in [6.45, 7) is 2.02. The van der Waals surface area contributed by atoms with E-state index >= 15 is 0 Å². The molecule has 3 rings (SSSR count). The molecule has 0 radical (unpaired) electrons. The van der Waals surface area contributed by atoms with Gasteiger partial charge in [-0.2, -0.15) is 0 Å². The number of halogens is 2. The Morgan fingerprint density at radius 1 is 1.30 bits per heavy atom. The summed E-state index contributed by atoms with van der Waals surface area (Å²) in [6.07, 6.45) is 6.56. The molecule has 108 valence electrons. The number of hydrogen-bond donors (Lipinski definition) is 1. The first-order valence-corrected chi connectivity index (χ1v) is 7.92. The monoisotopic (exact) mass is 312 g/mol. The zero-order chi connectivity index (χ0) is 14.5. The van der Waals surface area contributed by atoms with Crippen molar-refractivity contribution in [3.63, 3.8) is 0 Å². The lowest BCUT2D eigenvalue weighted by Gasteiger charge is -2.25. The van der Waals surface area contributed by atoms with Crippen LogP contribution in [0.4, 0.5) is 0 Å². The van der Waals surface area contributed by atoms with E-state index in [0.29, 0.717) is 17.9 Å². The van der Waals surface area contributed by atoms with E-state index in [9.17, 15) is 9.90 Å². The highest BCUT2D eigenvalue weighted by molar-refractivity contribution is 6.45. The number of Topliss-reactive ketones (excluding diaryl/α,β-unsaturated/α-hetero) is 1. The van der Waals surface area contributed by atoms with Crippen molar-refractivity contribution < 1.29 is 9.90 Å². The zero-order valence-corrected chi connectivity index (χ0v) is 13.0. The van der Waals surface area contributed by atoms with Crippen LogP contribution in [0.5, 0.6) is 5.75 Å². The minimum Gasteiger partial charge on any atom is -0.506 e. The van der Waals surface area contributed by atoms with Gasteiger partial charge in [-0.05, 0) is 30.4 Å². The molecule has 20 heavy (non-hydrogen) atoms. The predicted octanol–water partition coefficient (Wildman–Crippen LogP) is 5.02. The number of ketones is 1.